The van der Waals surface area contributed by atoms with Crippen molar-refractivity contribution in [2.75, 3.05) is 23.7 Å². The Morgan fingerprint density at radius 2 is 1.69 bits per heavy atom. The summed E-state index contributed by atoms with van der Waals surface area (Å²) in [4.78, 5) is 12.2. The molecule has 1 amide bonds. The molecule has 0 aromatic heterocycles. The summed E-state index contributed by atoms with van der Waals surface area (Å²) in [6, 6.07) is 13.3. The lowest BCUT2D eigenvalue weighted by atomic mass is 10.1. The third-order valence-corrected chi connectivity index (χ3v) is 5.58. The Morgan fingerprint density at radius 1 is 1.07 bits per heavy atom. The third-order valence-electron chi connectivity index (χ3n) is 4.38. The summed E-state index contributed by atoms with van der Waals surface area (Å²) in [6.45, 7) is 7.11. The number of anilines is 1. The number of carbonyl (C=O) groups is 1. The summed E-state index contributed by atoms with van der Waals surface area (Å²) < 4.78 is 31.2. The standard InChI is InChI=1S/C22H30N2O4S/c1-5-28-21-10-8-19(9-11-21)16-23-22(25)7-6-12-24(29(4,26)27)20-14-17(2)13-18(3)15-20/h8-11,13-15H,5-7,12,16H2,1-4H3,(H,23,25). The van der Waals surface area contributed by atoms with Gasteiger partial charge < -0.3 is 10.1 Å². The van der Waals surface area contributed by atoms with Crippen LogP contribution in [0.1, 0.15) is 36.5 Å². The van der Waals surface area contributed by atoms with E-state index in [2.05, 4.69) is 5.32 Å². The highest BCUT2D eigenvalue weighted by atomic mass is 32.2. The molecule has 0 heterocycles. The number of amides is 1. The third kappa shape index (κ3) is 7.42. The van der Waals surface area contributed by atoms with Gasteiger partial charge in [0.25, 0.3) is 0 Å². The normalized spacial score (nSPS) is 11.2. The number of sulfonamides is 1. The average Bonchev–Trinajstić information content (AvgIpc) is 2.63. The number of hydrogen-bond acceptors (Lipinski definition) is 4. The van der Waals surface area contributed by atoms with E-state index in [1.165, 1.54) is 10.6 Å². The smallest absolute Gasteiger partial charge is 0.232 e. The predicted molar refractivity (Wildman–Crippen MR) is 117 cm³/mol. The zero-order valence-corrected chi connectivity index (χ0v) is 18.4. The molecule has 0 spiro atoms. The Kier molecular flexibility index (Phi) is 8.08. The molecule has 0 saturated carbocycles. The van der Waals surface area contributed by atoms with Gasteiger partial charge in [0, 0.05) is 19.5 Å². The second-order valence-electron chi connectivity index (χ2n) is 7.14. The van der Waals surface area contributed by atoms with Crippen LogP contribution in [0, 0.1) is 13.8 Å². The summed E-state index contributed by atoms with van der Waals surface area (Å²) >= 11 is 0. The van der Waals surface area contributed by atoms with Gasteiger partial charge in [0.15, 0.2) is 0 Å². The highest BCUT2D eigenvalue weighted by Crippen LogP contribution is 2.22. The molecular weight excluding hydrogens is 388 g/mol. The largest absolute Gasteiger partial charge is 0.494 e. The van der Waals surface area contributed by atoms with Crippen molar-refractivity contribution in [1.29, 1.82) is 0 Å². The van der Waals surface area contributed by atoms with E-state index in [1.54, 1.807) is 0 Å². The van der Waals surface area contributed by atoms with Crippen molar-refractivity contribution in [3.63, 3.8) is 0 Å². The molecule has 7 heteroatoms. The lowest BCUT2D eigenvalue weighted by Gasteiger charge is -2.23. The molecule has 0 radical (unpaired) electrons. The van der Waals surface area contributed by atoms with E-state index in [-0.39, 0.29) is 18.9 Å². The van der Waals surface area contributed by atoms with Gasteiger partial charge in [-0.15, -0.1) is 0 Å². The lowest BCUT2D eigenvalue weighted by molar-refractivity contribution is -0.121. The van der Waals surface area contributed by atoms with Crippen LogP contribution < -0.4 is 14.4 Å². The maximum atomic E-state index is 12.2. The zero-order valence-electron chi connectivity index (χ0n) is 17.6. The Bertz CT molecular complexity index is 904. The predicted octanol–water partition coefficient (Wildman–Crippen LogP) is 3.56. The molecule has 158 valence electrons. The first-order chi connectivity index (χ1) is 13.7. The summed E-state index contributed by atoms with van der Waals surface area (Å²) in [5, 5.41) is 2.87. The number of benzene rings is 2. The Labute approximate surface area is 173 Å². The highest BCUT2D eigenvalue weighted by molar-refractivity contribution is 7.92. The molecule has 0 aliphatic carbocycles. The van der Waals surface area contributed by atoms with Gasteiger partial charge in [-0.25, -0.2) is 8.42 Å². The van der Waals surface area contributed by atoms with E-state index in [4.69, 9.17) is 4.74 Å². The Balaban J connectivity index is 1.88. The Morgan fingerprint density at radius 3 is 2.24 bits per heavy atom. The average molecular weight is 419 g/mol. The number of carbonyl (C=O) groups excluding carboxylic acids is 1. The molecule has 0 bridgehead atoms. The molecule has 1 N–H and O–H groups in total. The summed E-state index contributed by atoms with van der Waals surface area (Å²) in [5.74, 6) is 0.697. The van der Waals surface area contributed by atoms with Gasteiger partial charge in [-0.05, 0) is 68.1 Å². The van der Waals surface area contributed by atoms with Crippen LogP contribution >= 0.6 is 0 Å². The van der Waals surface area contributed by atoms with Crippen molar-refractivity contribution in [1.82, 2.24) is 5.32 Å². The van der Waals surface area contributed by atoms with Crippen LogP contribution in [0.2, 0.25) is 0 Å². The van der Waals surface area contributed by atoms with Gasteiger partial charge in [0.2, 0.25) is 15.9 Å². The SMILES string of the molecule is CCOc1ccc(CNC(=O)CCCN(c2cc(C)cc(C)c2)S(C)(=O)=O)cc1. The monoisotopic (exact) mass is 418 g/mol. The quantitative estimate of drug-likeness (QED) is 0.640. The molecule has 2 aromatic rings. The van der Waals surface area contributed by atoms with Crippen LogP contribution in [0.5, 0.6) is 5.75 Å². The lowest BCUT2D eigenvalue weighted by Crippen LogP contribution is -2.32. The summed E-state index contributed by atoms with van der Waals surface area (Å²) in [7, 11) is -3.42. The van der Waals surface area contributed by atoms with E-state index in [0.717, 1.165) is 22.4 Å². The van der Waals surface area contributed by atoms with Crippen molar-refractivity contribution in [2.45, 2.75) is 40.2 Å². The minimum Gasteiger partial charge on any atom is -0.494 e. The minimum absolute atomic E-state index is 0.104. The van der Waals surface area contributed by atoms with Crippen LogP contribution in [-0.2, 0) is 21.4 Å². The molecule has 0 aliphatic rings. The van der Waals surface area contributed by atoms with Gasteiger partial charge in [-0.1, -0.05) is 18.2 Å². The van der Waals surface area contributed by atoms with Gasteiger partial charge in [0.1, 0.15) is 5.75 Å². The van der Waals surface area contributed by atoms with Crippen molar-refractivity contribution in [3.8, 4) is 5.75 Å². The fourth-order valence-electron chi connectivity index (χ4n) is 3.12. The van der Waals surface area contributed by atoms with Gasteiger partial charge in [-0.2, -0.15) is 0 Å². The number of nitrogens with zero attached hydrogens (tertiary/aromatic N) is 1. The van der Waals surface area contributed by atoms with E-state index in [1.807, 2.05) is 63.2 Å². The number of hydrogen-bond donors (Lipinski definition) is 1. The highest BCUT2D eigenvalue weighted by Gasteiger charge is 2.18. The Hall–Kier alpha value is -2.54. The van der Waals surface area contributed by atoms with Crippen molar-refractivity contribution < 1.29 is 17.9 Å². The van der Waals surface area contributed by atoms with Crippen molar-refractivity contribution in [3.05, 3.63) is 59.2 Å². The van der Waals surface area contributed by atoms with Gasteiger partial charge in [-0.3, -0.25) is 9.10 Å². The first kappa shape index (κ1) is 22.7. The second-order valence-corrected chi connectivity index (χ2v) is 9.05. The van der Waals surface area contributed by atoms with Crippen LogP contribution in [0.15, 0.2) is 42.5 Å². The van der Waals surface area contributed by atoms with Crippen molar-refractivity contribution >= 4 is 21.6 Å². The molecule has 29 heavy (non-hydrogen) atoms. The number of nitrogens with one attached hydrogen (secondary N) is 1. The van der Waals surface area contributed by atoms with Gasteiger partial charge >= 0.3 is 0 Å². The van der Waals surface area contributed by atoms with Crippen LogP contribution in [-0.4, -0.2) is 33.7 Å². The van der Waals surface area contributed by atoms with Crippen LogP contribution in [0.4, 0.5) is 5.69 Å². The van der Waals surface area contributed by atoms with Crippen LogP contribution in [0.25, 0.3) is 0 Å². The zero-order chi connectivity index (χ0) is 21.4. The number of aryl methyl sites for hydroxylation is 2. The van der Waals surface area contributed by atoms with Crippen molar-refractivity contribution in [2.24, 2.45) is 0 Å². The maximum absolute atomic E-state index is 12.2. The fraction of sp³-hybridized carbons (Fsp3) is 0.409. The first-order valence-corrected chi connectivity index (χ1v) is 11.6. The molecule has 0 aliphatic heterocycles. The summed E-state index contributed by atoms with van der Waals surface area (Å²) in [6.07, 6.45) is 1.89. The summed E-state index contributed by atoms with van der Waals surface area (Å²) in [5.41, 5.74) is 3.62. The molecule has 2 rings (SSSR count). The van der Waals surface area contributed by atoms with E-state index in [9.17, 15) is 13.2 Å². The molecule has 0 fully saturated rings. The first-order valence-electron chi connectivity index (χ1n) is 9.73. The molecule has 2 aromatic carbocycles. The molecule has 0 atom stereocenters. The van der Waals surface area contributed by atoms with Gasteiger partial charge in [0.05, 0.1) is 18.6 Å². The van der Waals surface area contributed by atoms with E-state index < -0.39 is 10.0 Å². The number of ether oxygens (including phenoxy) is 1. The van der Waals surface area contributed by atoms with E-state index >= 15 is 0 Å². The maximum Gasteiger partial charge on any atom is 0.232 e. The van der Waals surface area contributed by atoms with E-state index in [0.29, 0.717) is 25.3 Å². The van der Waals surface area contributed by atoms with Crippen LogP contribution in [0.3, 0.4) is 0 Å². The molecule has 0 unspecified atom stereocenters. The molecular formula is C22H30N2O4S. The minimum atomic E-state index is -3.42. The topological polar surface area (TPSA) is 75.7 Å². The second kappa shape index (κ2) is 10.3. The fourth-order valence-corrected chi connectivity index (χ4v) is 4.07. The molecule has 0 saturated heterocycles. The number of rotatable bonds is 10. The molecule has 6 nitrogen and oxygen atoms in total.